The average molecular weight is 621 g/mol. The molecule has 2 aromatic carbocycles. The molecular formula is C36H44N8O2. The number of benzene rings is 2. The molecule has 0 saturated carbocycles. The number of hydrogen-bond donors (Lipinski definition) is 3. The predicted octanol–water partition coefficient (Wildman–Crippen LogP) is 5.76. The second-order valence-corrected chi connectivity index (χ2v) is 11.8. The summed E-state index contributed by atoms with van der Waals surface area (Å²) in [6.45, 7) is 14.1. The molecule has 1 aliphatic heterocycles. The van der Waals surface area contributed by atoms with E-state index in [4.69, 9.17) is 5.10 Å². The Labute approximate surface area is 270 Å². The molecule has 0 aliphatic carbocycles. The van der Waals surface area contributed by atoms with Gasteiger partial charge in [-0.15, -0.1) is 0 Å². The summed E-state index contributed by atoms with van der Waals surface area (Å²) in [5.41, 5.74) is 9.00. The van der Waals surface area contributed by atoms with E-state index >= 15 is 0 Å². The number of H-pyrrole nitrogens is 1. The van der Waals surface area contributed by atoms with E-state index in [0.717, 1.165) is 96.2 Å². The molecule has 1 aliphatic rings. The van der Waals surface area contributed by atoms with E-state index in [2.05, 4.69) is 74.6 Å². The van der Waals surface area contributed by atoms with Crippen LogP contribution in [0.4, 0.5) is 10.5 Å². The smallest absolute Gasteiger partial charge is 0.321 e. The van der Waals surface area contributed by atoms with Gasteiger partial charge in [0.2, 0.25) is 0 Å². The van der Waals surface area contributed by atoms with E-state index in [0.29, 0.717) is 13.1 Å². The van der Waals surface area contributed by atoms with Gasteiger partial charge >= 0.3 is 6.03 Å². The van der Waals surface area contributed by atoms with Crippen LogP contribution in [0.2, 0.25) is 0 Å². The number of aryl methyl sites for hydroxylation is 1. The Bertz CT molecular complexity index is 1750. The van der Waals surface area contributed by atoms with Crippen LogP contribution in [0.25, 0.3) is 44.7 Å². The maximum Gasteiger partial charge on any atom is 0.321 e. The number of nitrogens with zero attached hydrogens (tertiary/aromatic N) is 6. The van der Waals surface area contributed by atoms with Crippen LogP contribution in [0.1, 0.15) is 26.3 Å². The molecule has 4 heterocycles. The van der Waals surface area contributed by atoms with E-state index in [9.17, 15) is 9.90 Å². The topological polar surface area (TPSA) is 106 Å². The van der Waals surface area contributed by atoms with Crippen molar-refractivity contribution in [1.82, 2.24) is 34.4 Å². The van der Waals surface area contributed by atoms with Crippen molar-refractivity contribution < 1.29 is 9.90 Å². The molecule has 1 saturated heterocycles. The number of pyridine rings is 1. The summed E-state index contributed by atoms with van der Waals surface area (Å²) >= 11 is 0. The Morgan fingerprint density at radius 1 is 0.913 bits per heavy atom. The number of hydrogen-bond acceptors (Lipinski definition) is 6. The lowest BCUT2D eigenvalue weighted by molar-refractivity contribution is 0.108. The van der Waals surface area contributed by atoms with Gasteiger partial charge in [0, 0.05) is 99.2 Å². The van der Waals surface area contributed by atoms with E-state index in [1.165, 1.54) is 5.56 Å². The third kappa shape index (κ3) is 6.84. The molecule has 3 aromatic heterocycles. The molecule has 240 valence electrons. The first kappa shape index (κ1) is 31.5. The van der Waals surface area contributed by atoms with Gasteiger partial charge in [0.25, 0.3) is 0 Å². The van der Waals surface area contributed by atoms with Crippen LogP contribution in [-0.2, 0) is 13.1 Å². The van der Waals surface area contributed by atoms with Crippen molar-refractivity contribution in [1.29, 1.82) is 0 Å². The third-order valence-electron chi connectivity index (χ3n) is 8.92. The van der Waals surface area contributed by atoms with Crippen molar-refractivity contribution in [2.45, 2.75) is 33.9 Å². The fraction of sp³-hybridized carbons (Fsp3) is 0.361. The average Bonchev–Trinajstić information content (AvgIpc) is 3.72. The van der Waals surface area contributed by atoms with Crippen molar-refractivity contribution in [3.63, 3.8) is 0 Å². The highest BCUT2D eigenvalue weighted by molar-refractivity contribution is 5.99. The summed E-state index contributed by atoms with van der Waals surface area (Å²) in [4.78, 5) is 27.3. The normalized spacial score (nSPS) is 14.2. The number of urea groups is 1. The van der Waals surface area contributed by atoms with Crippen molar-refractivity contribution >= 4 is 22.8 Å². The van der Waals surface area contributed by atoms with Gasteiger partial charge in [-0.05, 0) is 61.7 Å². The van der Waals surface area contributed by atoms with Crippen LogP contribution in [0.5, 0.6) is 0 Å². The number of nitrogens with one attached hydrogen (secondary N) is 2. The number of aromatic amines is 1. The summed E-state index contributed by atoms with van der Waals surface area (Å²) in [6.07, 6.45) is 3.95. The predicted molar refractivity (Wildman–Crippen MR) is 185 cm³/mol. The number of piperazine rings is 1. The molecular weight excluding hydrogens is 576 g/mol. The monoisotopic (exact) mass is 620 g/mol. The molecule has 10 heteroatoms. The minimum atomic E-state index is -0.0980. The van der Waals surface area contributed by atoms with Gasteiger partial charge in [-0.2, -0.15) is 5.10 Å². The molecule has 5 aromatic rings. The number of amides is 2. The third-order valence-corrected chi connectivity index (χ3v) is 8.92. The van der Waals surface area contributed by atoms with Gasteiger partial charge in [0.05, 0.1) is 6.61 Å². The van der Waals surface area contributed by atoms with Crippen LogP contribution < -0.4 is 5.32 Å². The van der Waals surface area contributed by atoms with Crippen molar-refractivity contribution in [3.8, 4) is 33.6 Å². The molecule has 1 fully saturated rings. The molecule has 0 unspecified atom stereocenters. The Morgan fingerprint density at radius 2 is 1.61 bits per heavy atom. The lowest BCUT2D eigenvalue weighted by Gasteiger charge is -2.34. The van der Waals surface area contributed by atoms with Crippen LogP contribution >= 0.6 is 0 Å². The Balaban J connectivity index is 1.23. The number of anilines is 1. The van der Waals surface area contributed by atoms with Crippen LogP contribution in [-0.4, -0.2) is 98.0 Å². The highest BCUT2D eigenvalue weighted by atomic mass is 16.3. The van der Waals surface area contributed by atoms with Crippen LogP contribution in [0, 0.1) is 0 Å². The van der Waals surface area contributed by atoms with Gasteiger partial charge in [-0.3, -0.25) is 14.5 Å². The summed E-state index contributed by atoms with van der Waals surface area (Å²) in [5, 5.41) is 18.2. The zero-order chi connectivity index (χ0) is 32.0. The number of aromatic nitrogens is 4. The number of carbonyl (C=O) groups excluding carboxylic acids is 1. The summed E-state index contributed by atoms with van der Waals surface area (Å²) < 4.78 is 1.96. The zero-order valence-electron chi connectivity index (χ0n) is 27.0. The molecule has 3 N–H and O–H groups in total. The second-order valence-electron chi connectivity index (χ2n) is 11.8. The minimum absolute atomic E-state index is 0.0980. The fourth-order valence-corrected chi connectivity index (χ4v) is 6.20. The van der Waals surface area contributed by atoms with Gasteiger partial charge < -0.3 is 20.3 Å². The van der Waals surface area contributed by atoms with Crippen LogP contribution in [0.3, 0.4) is 0 Å². The van der Waals surface area contributed by atoms with Gasteiger partial charge in [-0.1, -0.05) is 36.4 Å². The Hall–Kier alpha value is -4.51. The number of β-amino-alcohol motifs (C(OH)–C–C–N with tert-alkyl or cyclic N) is 1. The maximum atomic E-state index is 12.5. The molecule has 10 nitrogen and oxygen atoms in total. The largest absolute Gasteiger partial charge is 0.395 e. The number of rotatable bonds is 11. The highest BCUT2D eigenvalue weighted by Crippen LogP contribution is 2.37. The molecule has 0 spiro atoms. The lowest BCUT2D eigenvalue weighted by atomic mass is 10.00. The zero-order valence-corrected chi connectivity index (χ0v) is 27.0. The summed E-state index contributed by atoms with van der Waals surface area (Å²) in [6, 6.07) is 20.8. The molecule has 0 bridgehead atoms. The summed E-state index contributed by atoms with van der Waals surface area (Å²) in [5.74, 6) is 0. The highest BCUT2D eigenvalue weighted by Gasteiger charge is 2.19. The van der Waals surface area contributed by atoms with Crippen molar-refractivity contribution in [2.75, 3.05) is 57.7 Å². The molecule has 0 radical (unpaired) electrons. The maximum absolute atomic E-state index is 12.5. The summed E-state index contributed by atoms with van der Waals surface area (Å²) in [7, 11) is 0. The molecule has 46 heavy (non-hydrogen) atoms. The number of aliphatic hydroxyl groups excluding tert-OH is 1. The Kier molecular flexibility index (Phi) is 9.77. The number of fused-ring (bicyclic) bond motifs is 1. The molecule has 2 amide bonds. The first-order valence-corrected chi connectivity index (χ1v) is 16.4. The van der Waals surface area contributed by atoms with Crippen molar-refractivity contribution in [2.24, 2.45) is 0 Å². The van der Waals surface area contributed by atoms with Gasteiger partial charge in [0.1, 0.15) is 11.3 Å². The first-order chi connectivity index (χ1) is 22.5. The number of aliphatic hydroxyl groups is 1. The van der Waals surface area contributed by atoms with E-state index in [-0.39, 0.29) is 12.6 Å². The van der Waals surface area contributed by atoms with E-state index in [1.54, 1.807) is 4.90 Å². The van der Waals surface area contributed by atoms with E-state index < -0.39 is 0 Å². The van der Waals surface area contributed by atoms with Crippen LogP contribution in [0.15, 0.2) is 73.1 Å². The van der Waals surface area contributed by atoms with E-state index in [1.807, 2.05) is 49.0 Å². The van der Waals surface area contributed by atoms with Gasteiger partial charge in [0.15, 0.2) is 0 Å². The second kappa shape index (κ2) is 14.3. The Morgan fingerprint density at radius 3 is 2.28 bits per heavy atom. The van der Waals surface area contributed by atoms with Gasteiger partial charge in [-0.25, -0.2) is 9.78 Å². The minimum Gasteiger partial charge on any atom is -0.395 e. The lowest BCUT2D eigenvalue weighted by Crippen LogP contribution is -2.46. The molecule has 0 atom stereocenters. The quantitative estimate of drug-likeness (QED) is 0.173. The standard InChI is InChI=1S/C36H44N8O2/c1-4-43(5-2)36(46)38-29-13-11-28(12-14-29)34-32(25-44(6-3)40-34)30-15-16-37-35-31(30)23-33(39-35)27-9-7-26(8-10-27)24-42-19-17-41(18-20-42)21-22-45/h7-16,23,25,45H,4-6,17-22,24H2,1-3H3,(H,37,39)(H,38,46). The van der Waals surface area contributed by atoms with Crippen molar-refractivity contribution in [3.05, 3.63) is 78.6 Å². The SMILES string of the molecule is CCN(CC)C(=O)Nc1ccc(-c2nn(CC)cc2-c2ccnc3[nH]c(-c4ccc(CN5CCN(CCO)CC5)cc4)cc23)cc1. The fourth-order valence-electron chi connectivity index (χ4n) is 6.20. The number of carbonyl (C=O) groups is 1. The first-order valence-electron chi connectivity index (χ1n) is 16.4. The molecule has 6 rings (SSSR count).